The number of rotatable bonds is 10. The first-order chi connectivity index (χ1) is 15.6. The minimum Gasteiger partial charge on any atom is -0.492 e. The number of hydrogen-bond acceptors (Lipinski definition) is 5. The van der Waals surface area contributed by atoms with Crippen LogP contribution < -0.4 is 15.6 Å². The smallest absolute Gasteiger partial charge is 0.272 e. The molecule has 0 fully saturated rings. The van der Waals surface area contributed by atoms with Crippen molar-refractivity contribution >= 4 is 11.8 Å². The summed E-state index contributed by atoms with van der Waals surface area (Å²) in [5.41, 5.74) is 0.734. The van der Waals surface area contributed by atoms with Crippen LogP contribution in [-0.2, 0) is 17.9 Å². The van der Waals surface area contributed by atoms with Gasteiger partial charge in [-0.15, -0.1) is 0 Å². The van der Waals surface area contributed by atoms with E-state index in [0.29, 0.717) is 18.8 Å². The summed E-state index contributed by atoms with van der Waals surface area (Å²) in [5.74, 6) is -0.0370. The Morgan fingerprint density at radius 3 is 2.38 bits per heavy atom. The molecule has 1 aromatic heterocycles. The monoisotopic (exact) mass is 434 g/mol. The number of ether oxygens (including phenoxy) is 1. The normalized spacial score (nSPS) is 10.4. The molecule has 3 aromatic rings. The highest BCUT2D eigenvalue weighted by atomic mass is 16.5. The molecule has 1 heterocycles. The molecule has 0 aliphatic heterocycles. The lowest BCUT2D eigenvalue weighted by Crippen LogP contribution is -2.40. The highest BCUT2D eigenvalue weighted by Crippen LogP contribution is 2.08. The second-order valence-electron chi connectivity index (χ2n) is 7.02. The van der Waals surface area contributed by atoms with Gasteiger partial charge in [-0.1, -0.05) is 48.5 Å². The summed E-state index contributed by atoms with van der Waals surface area (Å²) in [6.45, 7) is 3.14. The van der Waals surface area contributed by atoms with Crippen molar-refractivity contribution in [2.24, 2.45) is 0 Å². The van der Waals surface area contributed by atoms with Gasteiger partial charge in [0.25, 0.3) is 11.5 Å². The average Bonchev–Trinajstić information content (AvgIpc) is 2.83. The van der Waals surface area contributed by atoms with Crippen molar-refractivity contribution in [3.05, 3.63) is 94.4 Å². The number of aromatic nitrogens is 2. The van der Waals surface area contributed by atoms with Gasteiger partial charge in [0.05, 0.1) is 13.1 Å². The zero-order chi connectivity index (χ0) is 22.8. The zero-order valence-corrected chi connectivity index (χ0v) is 17.9. The SMILES string of the molecule is CCN(Cc1ccccc1)C(=O)CNC(=O)c1ccc(=O)n(CCOc2ccccc2)n1. The van der Waals surface area contributed by atoms with Crippen LogP contribution in [0, 0.1) is 0 Å². The Kier molecular flexibility index (Phi) is 8.14. The molecule has 8 heteroatoms. The number of nitrogens with one attached hydrogen (secondary N) is 1. The van der Waals surface area contributed by atoms with Crippen molar-refractivity contribution in [3.63, 3.8) is 0 Å². The summed E-state index contributed by atoms with van der Waals surface area (Å²) in [4.78, 5) is 38.7. The lowest BCUT2D eigenvalue weighted by Gasteiger charge is -2.21. The van der Waals surface area contributed by atoms with Gasteiger partial charge >= 0.3 is 0 Å². The van der Waals surface area contributed by atoms with Crippen LogP contribution in [0.2, 0.25) is 0 Å². The van der Waals surface area contributed by atoms with Crippen LogP contribution in [0.1, 0.15) is 23.0 Å². The Morgan fingerprint density at radius 1 is 1.00 bits per heavy atom. The number of amides is 2. The van der Waals surface area contributed by atoms with E-state index in [0.717, 1.165) is 5.56 Å². The maximum atomic E-state index is 12.5. The summed E-state index contributed by atoms with van der Waals surface area (Å²) < 4.78 is 6.76. The molecule has 0 atom stereocenters. The molecule has 2 aromatic carbocycles. The fourth-order valence-electron chi connectivity index (χ4n) is 3.04. The predicted molar refractivity (Wildman–Crippen MR) is 120 cm³/mol. The topological polar surface area (TPSA) is 93.5 Å². The minimum absolute atomic E-state index is 0.0585. The van der Waals surface area contributed by atoms with E-state index in [1.807, 2.05) is 67.6 Å². The molecule has 0 radical (unpaired) electrons. The van der Waals surface area contributed by atoms with Gasteiger partial charge in [-0.2, -0.15) is 5.10 Å². The molecule has 0 aliphatic rings. The van der Waals surface area contributed by atoms with E-state index >= 15 is 0 Å². The quantitative estimate of drug-likeness (QED) is 0.528. The van der Waals surface area contributed by atoms with Crippen molar-refractivity contribution in [2.75, 3.05) is 19.7 Å². The summed E-state index contributed by atoms with van der Waals surface area (Å²) >= 11 is 0. The Morgan fingerprint density at radius 2 is 1.69 bits per heavy atom. The van der Waals surface area contributed by atoms with Crippen LogP contribution in [0.25, 0.3) is 0 Å². The molecule has 166 valence electrons. The molecular weight excluding hydrogens is 408 g/mol. The standard InChI is InChI=1S/C24H26N4O4/c1-2-27(18-19-9-5-3-6-10-19)23(30)17-25-24(31)21-13-14-22(29)28(26-21)15-16-32-20-11-7-4-8-12-20/h3-14H,2,15-18H2,1H3,(H,25,31). The zero-order valence-electron chi connectivity index (χ0n) is 17.9. The fourth-order valence-corrected chi connectivity index (χ4v) is 3.04. The van der Waals surface area contributed by atoms with Crippen molar-refractivity contribution in [3.8, 4) is 5.75 Å². The molecule has 0 saturated heterocycles. The number of hydrogen-bond donors (Lipinski definition) is 1. The first kappa shape index (κ1) is 22.7. The van der Waals surface area contributed by atoms with E-state index in [9.17, 15) is 14.4 Å². The number of nitrogens with zero attached hydrogens (tertiary/aromatic N) is 3. The van der Waals surface area contributed by atoms with Gasteiger partial charge in [0, 0.05) is 19.2 Å². The van der Waals surface area contributed by atoms with E-state index < -0.39 is 5.91 Å². The van der Waals surface area contributed by atoms with Gasteiger partial charge in [0.2, 0.25) is 5.91 Å². The number of benzene rings is 2. The van der Waals surface area contributed by atoms with Crippen LogP contribution in [0.15, 0.2) is 77.6 Å². The maximum Gasteiger partial charge on any atom is 0.272 e. The molecule has 0 saturated carbocycles. The number of para-hydroxylation sites is 1. The molecule has 1 N–H and O–H groups in total. The second-order valence-corrected chi connectivity index (χ2v) is 7.02. The molecule has 3 rings (SSSR count). The van der Waals surface area contributed by atoms with E-state index in [1.54, 1.807) is 4.90 Å². The van der Waals surface area contributed by atoms with Crippen LogP contribution >= 0.6 is 0 Å². The largest absolute Gasteiger partial charge is 0.492 e. The molecule has 0 unspecified atom stereocenters. The van der Waals surface area contributed by atoms with Crippen LogP contribution in [0.5, 0.6) is 5.75 Å². The Hall–Kier alpha value is -3.94. The van der Waals surface area contributed by atoms with Crippen LogP contribution in [-0.4, -0.2) is 46.2 Å². The average molecular weight is 434 g/mol. The first-order valence-corrected chi connectivity index (χ1v) is 10.4. The summed E-state index contributed by atoms with van der Waals surface area (Å²) in [5, 5.41) is 6.69. The van der Waals surface area contributed by atoms with Gasteiger partial charge in [-0.25, -0.2) is 4.68 Å². The van der Waals surface area contributed by atoms with Gasteiger partial charge in [-0.05, 0) is 30.7 Å². The van der Waals surface area contributed by atoms with Gasteiger partial charge in [0.15, 0.2) is 0 Å². The van der Waals surface area contributed by atoms with Crippen molar-refractivity contribution in [1.29, 1.82) is 0 Å². The molecule has 8 nitrogen and oxygen atoms in total. The highest BCUT2D eigenvalue weighted by molar-refractivity contribution is 5.94. The molecule has 32 heavy (non-hydrogen) atoms. The molecule has 2 amide bonds. The number of likely N-dealkylation sites (N-methyl/N-ethyl adjacent to an activating group) is 1. The van der Waals surface area contributed by atoms with E-state index in [4.69, 9.17) is 4.74 Å². The summed E-state index contributed by atoms with van der Waals surface area (Å²) in [6.07, 6.45) is 0. The minimum atomic E-state index is -0.521. The van der Waals surface area contributed by atoms with Crippen molar-refractivity contribution < 1.29 is 14.3 Å². The number of carbonyl (C=O) groups is 2. The first-order valence-electron chi connectivity index (χ1n) is 10.4. The third-order valence-electron chi connectivity index (χ3n) is 4.77. The lowest BCUT2D eigenvalue weighted by atomic mass is 10.2. The molecule has 0 aliphatic carbocycles. The van der Waals surface area contributed by atoms with Gasteiger partial charge < -0.3 is 15.0 Å². The lowest BCUT2D eigenvalue weighted by molar-refractivity contribution is -0.130. The Labute approximate surface area is 186 Å². The fraction of sp³-hybridized carbons (Fsp3) is 0.250. The highest BCUT2D eigenvalue weighted by Gasteiger charge is 2.15. The van der Waals surface area contributed by atoms with Crippen LogP contribution in [0.3, 0.4) is 0 Å². The summed E-state index contributed by atoms with van der Waals surface area (Å²) in [6, 6.07) is 21.5. The van der Waals surface area contributed by atoms with Crippen molar-refractivity contribution in [1.82, 2.24) is 20.0 Å². The predicted octanol–water partition coefficient (Wildman–Crippen LogP) is 2.10. The Balaban J connectivity index is 1.54. The molecule has 0 bridgehead atoms. The Bertz CT molecular complexity index is 1080. The van der Waals surface area contributed by atoms with Gasteiger partial charge in [0.1, 0.15) is 18.1 Å². The van der Waals surface area contributed by atoms with Gasteiger partial charge in [-0.3, -0.25) is 14.4 Å². The number of carbonyl (C=O) groups excluding carboxylic acids is 2. The maximum absolute atomic E-state index is 12.5. The second kappa shape index (κ2) is 11.5. The summed E-state index contributed by atoms with van der Waals surface area (Å²) in [7, 11) is 0. The van der Waals surface area contributed by atoms with E-state index in [2.05, 4.69) is 10.4 Å². The third-order valence-corrected chi connectivity index (χ3v) is 4.77. The third kappa shape index (κ3) is 6.53. The molecule has 0 spiro atoms. The van der Waals surface area contributed by atoms with E-state index in [-0.39, 0.29) is 36.9 Å². The molecular formula is C24H26N4O4. The van der Waals surface area contributed by atoms with Crippen LogP contribution in [0.4, 0.5) is 0 Å². The van der Waals surface area contributed by atoms with E-state index in [1.165, 1.54) is 16.8 Å². The van der Waals surface area contributed by atoms with Crippen molar-refractivity contribution in [2.45, 2.75) is 20.0 Å².